The summed E-state index contributed by atoms with van der Waals surface area (Å²) in [6.45, 7) is 2.07. The molecule has 0 bridgehead atoms. The van der Waals surface area contributed by atoms with Gasteiger partial charge in [-0.1, -0.05) is 0 Å². The van der Waals surface area contributed by atoms with E-state index in [9.17, 15) is 0 Å². The van der Waals surface area contributed by atoms with Crippen LogP contribution in [0.4, 0.5) is 0 Å². The van der Waals surface area contributed by atoms with Crippen molar-refractivity contribution in [3.05, 3.63) is 27.8 Å². The van der Waals surface area contributed by atoms with Gasteiger partial charge in [-0.2, -0.15) is 5.10 Å². The number of methoxy groups -OCH3 is 1. The first kappa shape index (κ1) is 9.73. The van der Waals surface area contributed by atoms with Gasteiger partial charge in [0.05, 0.1) is 13.3 Å². The number of aromatic nitrogens is 2. The fourth-order valence-corrected chi connectivity index (χ4v) is 2.64. The number of ether oxygens (including phenoxy) is 1. The highest BCUT2D eigenvalue weighted by Gasteiger charge is 2.10. The number of hydrogen-bond donors (Lipinski definition) is 0. The molecule has 14 heavy (non-hydrogen) atoms. The molecule has 2 aromatic rings. The van der Waals surface area contributed by atoms with E-state index >= 15 is 0 Å². The maximum Gasteiger partial charge on any atom is 0.171 e. The van der Waals surface area contributed by atoms with E-state index in [1.807, 2.05) is 10.7 Å². The molecule has 0 N–H and O–H groups in total. The summed E-state index contributed by atoms with van der Waals surface area (Å²) in [5.41, 5.74) is 0. The summed E-state index contributed by atoms with van der Waals surface area (Å²) >= 11 is 5.13. The highest BCUT2D eigenvalue weighted by Crippen LogP contribution is 2.29. The Labute approximate surface area is 94.4 Å². The van der Waals surface area contributed by atoms with Gasteiger partial charge in [0.25, 0.3) is 0 Å². The van der Waals surface area contributed by atoms with E-state index in [1.165, 1.54) is 4.88 Å². The molecule has 0 radical (unpaired) electrons. The van der Waals surface area contributed by atoms with Crippen LogP contribution in [0.1, 0.15) is 4.88 Å². The molecule has 0 aromatic carbocycles. The Hall–Kier alpha value is -0.810. The molecule has 0 aliphatic rings. The number of rotatable bonds is 2. The molecule has 0 saturated carbocycles. The molecule has 0 unspecified atom stereocenters. The van der Waals surface area contributed by atoms with Crippen LogP contribution in [0.15, 0.2) is 22.9 Å². The van der Waals surface area contributed by atoms with Crippen molar-refractivity contribution >= 4 is 27.3 Å². The minimum Gasteiger partial charge on any atom is -0.492 e. The van der Waals surface area contributed by atoms with Crippen molar-refractivity contribution < 1.29 is 4.74 Å². The largest absolute Gasteiger partial charge is 0.492 e. The van der Waals surface area contributed by atoms with Gasteiger partial charge in [0.1, 0.15) is 5.00 Å². The average molecular weight is 273 g/mol. The molecule has 5 heteroatoms. The van der Waals surface area contributed by atoms with Crippen LogP contribution in [0.3, 0.4) is 0 Å². The number of hydrogen-bond acceptors (Lipinski definition) is 3. The summed E-state index contributed by atoms with van der Waals surface area (Å²) in [5.74, 6) is 0.746. The first-order chi connectivity index (χ1) is 6.72. The predicted molar refractivity (Wildman–Crippen MR) is 60.4 cm³/mol. The molecular weight excluding hydrogens is 264 g/mol. The summed E-state index contributed by atoms with van der Waals surface area (Å²) in [5, 5.41) is 5.31. The van der Waals surface area contributed by atoms with Gasteiger partial charge in [-0.05, 0) is 35.0 Å². The van der Waals surface area contributed by atoms with Gasteiger partial charge < -0.3 is 4.74 Å². The van der Waals surface area contributed by atoms with E-state index in [0.29, 0.717) is 0 Å². The van der Waals surface area contributed by atoms with Crippen LogP contribution >= 0.6 is 27.3 Å². The summed E-state index contributed by atoms with van der Waals surface area (Å²) in [6.07, 6.45) is 1.69. The molecule has 0 spiro atoms. The fraction of sp³-hybridized carbons (Fsp3) is 0.222. The minimum absolute atomic E-state index is 0.746. The molecule has 3 nitrogen and oxygen atoms in total. The topological polar surface area (TPSA) is 27.1 Å². The monoisotopic (exact) mass is 272 g/mol. The van der Waals surface area contributed by atoms with Gasteiger partial charge >= 0.3 is 0 Å². The molecule has 0 aliphatic carbocycles. The Bertz CT molecular complexity index is 449. The van der Waals surface area contributed by atoms with Crippen molar-refractivity contribution in [1.82, 2.24) is 9.78 Å². The normalized spacial score (nSPS) is 10.5. The smallest absolute Gasteiger partial charge is 0.171 e. The highest BCUT2D eigenvalue weighted by atomic mass is 79.9. The number of aryl methyl sites for hydroxylation is 1. The maximum absolute atomic E-state index is 5.13. The second kappa shape index (κ2) is 3.74. The number of thiophene rings is 1. The molecule has 0 atom stereocenters. The summed E-state index contributed by atoms with van der Waals surface area (Å²) in [6, 6.07) is 4.11. The summed E-state index contributed by atoms with van der Waals surface area (Å²) in [7, 11) is 1.63. The van der Waals surface area contributed by atoms with Crippen LogP contribution < -0.4 is 4.74 Å². The Morgan fingerprint density at radius 2 is 2.29 bits per heavy atom. The fourth-order valence-electron chi connectivity index (χ4n) is 1.14. The molecule has 74 valence electrons. The Kier molecular flexibility index (Phi) is 2.60. The van der Waals surface area contributed by atoms with Crippen molar-refractivity contribution in [3.8, 4) is 10.8 Å². The van der Waals surface area contributed by atoms with Gasteiger partial charge in [-0.3, -0.25) is 0 Å². The van der Waals surface area contributed by atoms with Gasteiger partial charge in [0.15, 0.2) is 10.4 Å². The molecule has 0 saturated heterocycles. The van der Waals surface area contributed by atoms with Crippen LogP contribution in [-0.2, 0) is 0 Å². The van der Waals surface area contributed by atoms with E-state index in [2.05, 4.69) is 34.0 Å². The van der Waals surface area contributed by atoms with E-state index < -0.39 is 0 Å². The highest BCUT2D eigenvalue weighted by molar-refractivity contribution is 9.10. The molecular formula is C9H9BrN2OS. The lowest BCUT2D eigenvalue weighted by Gasteiger charge is -1.99. The van der Waals surface area contributed by atoms with Crippen LogP contribution in [0.2, 0.25) is 0 Å². The zero-order valence-electron chi connectivity index (χ0n) is 7.82. The van der Waals surface area contributed by atoms with Crippen LogP contribution in [0, 0.1) is 6.92 Å². The van der Waals surface area contributed by atoms with E-state index in [-0.39, 0.29) is 0 Å². The predicted octanol–water partition coefficient (Wildman–Crippen LogP) is 3.01. The van der Waals surface area contributed by atoms with Crippen molar-refractivity contribution in [3.63, 3.8) is 0 Å². The van der Waals surface area contributed by atoms with E-state index in [0.717, 1.165) is 15.4 Å². The molecule has 0 fully saturated rings. The second-order valence-corrected chi connectivity index (χ2v) is 4.82. The zero-order valence-corrected chi connectivity index (χ0v) is 10.2. The van der Waals surface area contributed by atoms with Crippen LogP contribution in [0.5, 0.6) is 5.75 Å². The van der Waals surface area contributed by atoms with Crippen molar-refractivity contribution in [2.45, 2.75) is 6.92 Å². The lowest BCUT2D eigenvalue weighted by molar-refractivity contribution is 0.412. The Morgan fingerprint density at radius 1 is 1.50 bits per heavy atom. The van der Waals surface area contributed by atoms with Crippen molar-refractivity contribution in [2.75, 3.05) is 7.11 Å². The van der Waals surface area contributed by atoms with Crippen molar-refractivity contribution in [2.24, 2.45) is 0 Å². The van der Waals surface area contributed by atoms with Crippen molar-refractivity contribution in [1.29, 1.82) is 0 Å². The molecule has 2 heterocycles. The van der Waals surface area contributed by atoms with Crippen LogP contribution in [0.25, 0.3) is 5.00 Å². The van der Waals surface area contributed by atoms with E-state index in [1.54, 1.807) is 24.6 Å². The Balaban J connectivity index is 2.46. The quantitative estimate of drug-likeness (QED) is 0.841. The van der Waals surface area contributed by atoms with Crippen LogP contribution in [-0.4, -0.2) is 16.9 Å². The molecule has 2 rings (SSSR count). The van der Waals surface area contributed by atoms with Gasteiger partial charge in [0, 0.05) is 4.88 Å². The first-order valence-corrected chi connectivity index (χ1v) is 5.67. The molecule has 2 aromatic heterocycles. The van der Waals surface area contributed by atoms with E-state index in [4.69, 9.17) is 4.74 Å². The standard InChI is InChI=1S/C9H9BrN2OS/c1-6-3-4-8(14-6)12-9(10)7(13-2)5-11-12/h3-5H,1-2H3. The Morgan fingerprint density at radius 3 is 2.79 bits per heavy atom. The zero-order chi connectivity index (χ0) is 10.1. The van der Waals surface area contributed by atoms with Gasteiger partial charge in [-0.15, -0.1) is 11.3 Å². The third-order valence-corrected chi connectivity index (χ3v) is 3.54. The third-order valence-electron chi connectivity index (χ3n) is 1.83. The van der Waals surface area contributed by atoms with Gasteiger partial charge in [-0.25, -0.2) is 4.68 Å². The number of nitrogens with zero attached hydrogens (tertiary/aromatic N) is 2. The molecule has 0 amide bonds. The lowest BCUT2D eigenvalue weighted by atomic mass is 10.5. The van der Waals surface area contributed by atoms with Gasteiger partial charge in [0.2, 0.25) is 0 Å². The first-order valence-electron chi connectivity index (χ1n) is 4.06. The second-order valence-electron chi connectivity index (χ2n) is 2.80. The average Bonchev–Trinajstić information content (AvgIpc) is 2.72. The maximum atomic E-state index is 5.13. The third kappa shape index (κ3) is 1.57. The summed E-state index contributed by atoms with van der Waals surface area (Å²) < 4.78 is 7.79. The lowest BCUT2D eigenvalue weighted by Crippen LogP contribution is -1.92. The number of halogens is 1. The molecule has 0 aliphatic heterocycles. The SMILES string of the molecule is COc1cnn(-c2ccc(C)s2)c1Br. The minimum atomic E-state index is 0.746. The summed E-state index contributed by atoms with van der Waals surface area (Å²) in [4.78, 5) is 1.27.